The van der Waals surface area contributed by atoms with E-state index in [1.54, 1.807) is 18.2 Å². The lowest BCUT2D eigenvalue weighted by Crippen LogP contribution is -2.18. The van der Waals surface area contributed by atoms with Gasteiger partial charge in [0.1, 0.15) is 6.61 Å². The first-order valence-corrected chi connectivity index (χ1v) is 6.41. The molecular weight excluding hydrogens is 264 g/mol. The van der Waals surface area contributed by atoms with Crippen LogP contribution in [0.15, 0.2) is 18.2 Å². The van der Waals surface area contributed by atoms with Gasteiger partial charge in [-0.1, -0.05) is 30.4 Å². The number of halogens is 1. The van der Waals surface area contributed by atoms with E-state index >= 15 is 0 Å². The van der Waals surface area contributed by atoms with Crippen molar-refractivity contribution in [1.82, 2.24) is 0 Å². The van der Waals surface area contributed by atoms with E-state index in [9.17, 15) is 4.79 Å². The summed E-state index contributed by atoms with van der Waals surface area (Å²) in [5.74, 6) is 5.39. The predicted octanol–water partition coefficient (Wildman–Crippen LogP) is 2.02. The Morgan fingerprint density at radius 3 is 3.00 bits per heavy atom. The van der Waals surface area contributed by atoms with Crippen LogP contribution in [0.5, 0.6) is 0 Å². The number of ether oxygens (including phenoxy) is 1. The summed E-state index contributed by atoms with van der Waals surface area (Å²) in [5.41, 5.74) is 6.58. The molecule has 0 saturated carbocycles. The van der Waals surface area contributed by atoms with Gasteiger partial charge in [-0.25, -0.2) is 0 Å². The fourth-order valence-electron chi connectivity index (χ4n) is 1.35. The SMILES string of the molecule is CCCOCC(=O)Nc1cc(C#CCN)ccc1Cl. The van der Waals surface area contributed by atoms with Crippen molar-refractivity contribution >= 4 is 23.2 Å². The third-order valence-corrected chi connectivity index (χ3v) is 2.49. The van der Waals surface area contributed by atoms with Crippen molar-refractivity contribution in [1.29, 1.82) is 0 Å². The van der Waals surface area contributed by atoms with Crippen LogP contribution in [0.2, 0.25) is 5.02 Å². The van der Waals surface area contributed by atoms with Crippen LogP contribution in [-0.2, 0) is 9.53 Å². The molecule has 0 atom stereocenters. The Labute approximate surface area is 118 Å². The molecule has 0 fully saturated rings. The third-order valence-electron chi connectivity index (χ3n) is 2.16. The number of anilines is 1. The zero-order chi connectivity index (χ0) is 14.1. The van der Waals surface area contributed by atoms with Crippen LogP contribution in [0.3, 0.4) is 0 Å². The highest BCUT2D eigenvalue weighted by Gasteiger charge is 2.06. The zero-order valence-electron chi connectivity index (χ0n) is 10.8. The Balaban J connectivity index is 2.68. The maximum absolute atomic E-state index is 11.6. The molecule has 0 saturated heterocycles. The molecule has 3 N–H and O–H groups in total. The van der Waals surface area contributed by atoms with Gasteiger partial charge in [-0.3, -0.25) is 4.79 Å². The standard InChI is InChI=1S/C14H17ClN2O2/c1-2-8-19-10-14(18)17-13-9-11(4-3-7-16)5-6-12(13)15/h5-6,9H,2,7-8,10,16H2,1H3,(H,17,18). The van der Waals surface area contributed by atoms with E-state index in [2.05, 4.69) is 17.2 Å². The second-order valence-electron chi connectivity index (χ2n) is 3.80. The van der Waals surface area contributed by atoms with Crippen molar-refractivity contribution in [3.05, 3.63) is 28.8 Å². The molecule has 1 aromatic carbocycles. The number of nitrogens with two attached hydrogens (primary N) is 1. The molecule has 0 aliphatic rings. The summed E-state index contributed by atoms with van der Waals surface area (Å²) in [6.45, 7) is 2.84. The van der Waals surface area contributed by atoms with Gasteiger partial charge in [0.25, 0.3) is 0 Å². The number of benzene rings is 1. The van der Waals surface area contributed by atoms with Crippen molar-refractivity contribution in [2.75, 3.05) is 25.1 Å². The second-order valence-corrected chi connectivity index (χ2v) is 4.21. The van der Waals surface area contributed by atoms with E-state index in [0.29, 0.717) is 17.3 Å². The lowest BCUT2D eigenvalue weighted by atomic mass is 10.2. The summed E-state index contributed by atoms with van der Waals surface area (Å²) in [5, 5.41) is 3.15. The first kappa shape index (κ1) is 15.5. The van der Waals surface area contributed by atoms with E-state index in [4.69, 9.17) is 22.1 Å². The van der Waals surface area contributed by atoms with Crippen LogP contribution < -0.4 is 11.1 Å². The summed E-state index contributed by atoms with van der Waals surface area (Å²) < 4.78 is 5.15. The molecular formula is C14H17ClN2O2. The molecule has 1 rings (SSSR count). The van der Waals surface area contributed by atoms with Gasteiger partial charge in [0.2, 0.25) is 5.91 Å². The van der Waals surface area contributed by atoms with E-state index in [-0.39, 0.29) is 19.1 Å². The Morgan fingerprint density at radius 1 is 1.53 bits per heavy atom. The first-order chi connectivity index (χ1) is 9.17. The van der Waals surface area contributed by atoms with E-state index < -0.39 is 0 Å². The van der Waals surface area contributed by atoms with Gasteiger partial charge in [0.05, 0.1) is 17.3 Å². The highest BCUT2D eigenvalue weighted by Crippen LogP contribution is 2.22. The van der Waals surface area contributed by atoms with Crippen LogP contribution in [0.1, 0.15) is 18.9 Å². The summed E-state index contributed by atoms with van der Waals surface area (Å²) in [6.07, 6.45) is 0.873. The molecule has 0 aliphatic carbocycles. The molecule has 0 aliphatic heterocycles. The molecule has 0 aromatic heterocycles. The van der Waals surface area contributed by atoms with E-state index in [0.717, 1.165) is 12.0 Å². The molecule has 1 aromatic rings. The second kappa shape index (κ2) is 8.54. The summed E-state index contributed by atoms with van der Waals surface area (Å²) >= 11 is 6.01. The predicted molar refractivity (Wildman–Crippen MR) is 77.1 cm³/mol. The molecule has 0 bridgehead atoms. The minimum Gasteiger partial charge on any atom is -0.372 e. The van der Waals surface area contributed by atoms with Crippen molar-refractivity contribution in [3.63, 3.8) is 0 Å². The molecule has 1 amide bonds. The molecule has 0 unspecified atom stereocenters. The maximum atomic E-state index is 11.6. The topological polar surface area (TPSA) is 64.3 Å². The molecule has 102 valence electrons. The normalized spacial score (nSPS) is 9.63. The number of amides is 1. The highest BCUT2D eigenvalue weighted by molar-refractivity contribution is 6.33. The van der Waals surface area contributed by atoms with Gasteiger partial charge in [-0.15, -0.1) is 0 Å². The molecule has 19 heavy (non-hydrogen) atoms. The fraction of sp³-hybridized carbons (Fsp3) is 0.357. The van der Waals surface area contributed by atoms with Crippen molar-refractivity contribution in [2.24, 2.45) is 5.73 Å². The lowest BCUT2D eigenvalue weighted by molar-refractivity contribution is -0.120. The molecule has 4 nitrogen and oxygen atoms in total. The maximum Gasteiger partial charge on any atom is 0.250 e. The van der Waals surface area contributed by atoms with Gasteiger partial charge < -0.3 is 15.8 Å². The van der Waals surface area contributed by atoms with Gasteiger partial charge in [-0.05, 0) is 24.6 Å². The Bertz CT molecular complexity index is 492. The largest absolute Gasteiger partial charge is 0.372 e. The molecule has 0 heterocycles. The Kier molecular flexibility index (Phi) is 6.98. The Morgan fingerprint density at radius 2 is 2.32 bits per heavy atom. The van der Waals surface area contributed by atoms with Crippen molar-refractivity contribution in [2.45, 2.75) is 13.3 Å². The summed E-state index contributed by atoms with van der Waals surface area (Å²) in [7, 11) is 0. The fourth-order valence-corrected chi connectivity index (χ4v) is 1.51. The minimum atomic E-state index is -0.237. The van der Waals surface area contributed by atoms with Crippen LogP contribution in [0.4, 0.5) is 5.69 Å². The van der Waals surface area contributed by atoms with Crippen LogP contribution in [0.25, 0.3) is 0 Å². The first-order valence-electron chi connectivity index (χ1n) is 6.03. The van der Waals surface area contributed by atoms with Gasteiger partial charge >= 0.3 is 0 Å². The number of hydrogen-bond acceptors (Lipinski definition) is 3. The average Bonchev–Trinajstić information content (AvgIpc) is 2.40. The number of carbonyl (C=O) groups excluding carboxylic acids is 1. The summed E-state index contributed by atoms with van der Waals surface area (Å²) in [4.78, 5) is 11.6. The van der Waals surface area contributed by atoms with Crippen LogP contribution in [-0.4, -0.2) is 25.7 Å². The van der Waals surface area contributed by atoms with Crippen LogP contribution >= 0.6 is 11.6 Å². The van der Waals surface area contributed by atoms with Gasteiger partial charge in [-0.2, -0.15) is 0 Å². The van der Waals surface area contributed by atoms with E-state index in [1.807, 2.05) is 6.92 Å². The smallest absolute Gasteiger partial charge is 0.250 e. The third kappa shape index (κ3) is 5.75. The highest BCUT2D eigenvalue weighted by atomic mass is 35.5. The quantitative estimate of drug-likeness (QED) is 0.641. The number of carbonyl (C=O) groups is 1. The Hall–Kier alpha value is -1.54. The zero-order valence-corrected chi connectivity index (χ0v) is 11.6. The summed E-state index contributed by atoms with van der Waals surface area (Å²) in [6, 6.07) is 5.17. The number of nitrogens with one attached hydrogen (secondary N) is 1. The van der Waals surface area contributed by atoms with Crippen LogP contribution in [0, 0.1) is 11.8 Å². The molecule has 0 spiro atoms. The average molecular weight is 281 g/mol. The van der Waals surface area contributed by atoms with Gasteiger partial charge in [0.15, 0.2) is 0 Å². The monoisotopic (exact) mass is 280 g/mol. The molecule has 0 radical (unpaired) electrons. The van der Waals surface area contributed by atoms with Crippen molar-refractivity contribution in [3.8, 4) is 11.8 Å². The van der Waals surface area contributed by atoms with Crippen molar-refractivity contribution < 1.29 is 9.53 Å². The number of hydrogen-bond donors (Lipinski definition) is 2. The molecule has 5 heteroatoms. The van der Waals surface area contributed by atoms with E-state index in [1.165, 1.54) is 0 Å². The lowest BCUT2D eigenvalue weighted by Gasteiger charge is -2.08. The number of rotatable bonds is 5. The minimum absolute atomic E-state index is 0.0167. The van der Waals surface area contributed by atoms with Gasteiger partial charge in [0, 0.05) is 12.2 Å².